The Kier molecular flexibility index (Phi) is 3.97. The van der Waals surface area contributed by atoms with Crippen LogP contribution in [0, 0.1) is 0 Å². The van der Waals surface area contributed by atoms with Crippen molar-refractivity contribution in [2.75, 3.05) is 5.32 Å². The molecule has 21 heavy (non-hydrogen) atoms. The Morgan fingerprint density at radius 1 is 1.29 bits per heavy atom. The Bertz CT molecular complexity index is 743. The van der Waals surface area contributed by atoms with E-state index in [1.165, 1.54) is 17.4 Å². The van der Waals surface area contributed by atoms with Crippen molar-refractivity contribution in [1.29, 1.82) is 0 Å². The van der Waals surface area contributed by atoms with Gasteiger partial charge in [-0.3, -0.25) is 14.9 Å². The Morgan fingerprint density at radius 2 is 2.10 bits per heavy atom. The van der Waals surface area contributed by atoms with E-state index < -0.39 is 0 Å². The third-order valence-corrected chi connectivity index (χ3v) is 4.77. The molecule has 1 amide bonds. The van der Waals surface area contributed by atoms with Gasteiger partial charge < -0.3 is 0 Å². The van der Waals surface area contributed by atoms with E-state index >= 15 is 0 Å². The highest BCUT2D eigenvalue weighted by Gasteiger charge is 2.23. The fraction of sp³-hybridized carbons (Fsp3) is 0.214. The van der Waals surface area contributed by atoms with Crippen LogP contribution in [-0.2, 0) is 6.42 Å². The summed E-state index contributed by atoms with van der Waals surface area (Å²) in [5.74, 6) is -0.269. The number of aryl methyl sites for hydroxylation is 1. The van der Waals surface area contributed by atoms with Crippen LogP contribution in [0.1, 0.15) is 38.6 Å². The molecule has 7 heteroatoms. The summed E-state index contributed by atoms with van der Waals surface area (Å²) in [5, 5.41) is 3.85. The first kappa shape index (κ1) is 14.5. The standard InChI is InChI=1S/C14H10Cl2N2O2S/c15-7-4-5-8(9(16)6-7)13(20)18-14-17-10-2-1-3-11(19)12(10)21-14/h4-6H,1-3H2,(H,17,18,20). The minimum absolute atomic E-state index is 0.0961. The smallest absolute Gasteiger partial charge is 0.258 e. The van der Waals surface area contributed by atoms with Crippen LogP contribution in [0.25, 0.3) is 0 Å². The quantitative estimate of drug-likeness (QED) is 0.890. The number of anilines is 1. The van der Waals surface area contributed by atoms with Crippen LogP contribution in [0.3, 0.4) is 0 Å². The molecular formula is C14H10Cl2N2O2S. The number of aromatic nitrogens is 1. The number of hydrogen-bond acceptors (Lipinski definition) is 4. The van der Waals surface area contributed by atoms with Crippen LogP contribution < -0.4 is 5.32 Å². The second kappa shape index (κ2) is 5.75. The van der Waals surface area contributed by atoms with Crippen molar-refractivity contribution in [3.05, 3.63) is 44.4 Å². The van der Waals surface area contributed by atoms with Crippen LogP contribution in [-0.4, -0.2) is 16.7 Å². The van der Waals surface area contributed by atoms with Gasteiger partial charge in [0.15, 0.2) is 10.9 Å². The zero-order valence-electron chi connectivity index (χ0n) is 10.8. The van der Waals surface area contributed by atoms with Gasteiger partial charge in [0.2, 0.25) is 0 Å². The lowest BCUT2D eigenvalue weighted by Gasteiger charge is -2.05. The SMILES string of the molecule is O=C(Nc1nc2c(s1)C(=O)CCC2)c1ccc(Cl)cc1Cl. The lowest BCUT2D eigenvalue weighted by atomic mass is 10.0. The first-order chi connectivity index (χ1) is 10.0. The van der Waals surface area contributed by atoms with E-state index in [4.69, 9.17) is 23.2 Å². The predicted octanol–water partition coefficient (Wildman–Crippen LogP) is 4.22. The van der Waals surface area contributed by atoms with Gasteiger partial charge in [-0.1, -0.05) is 34.5 Å². The molecule has 1 heterocycles. The lowest BCUT2D eigenvalue weighted by molar-refractivity contribution is 0.0975. The van der Waals surface area contributed by atoms with Gasteiger partial charge in [0.05, 0.1) is 21.2 Å². The monoisotopic (exact) mass is 340 g/mol. The fourth-order valence-electron chi connectivity index (χ4n) is 2.16. The number of ketones is 1. The maximum absolute atomic E-state index is 12.2. The third-order valence-electron chi connectivity index (χ3n) is 3.16. The van der Waals surface area contributed by atoms with E-state index in [1.807, 2.05) is 0 Å². The van der Waals surface area contributed by atoms with Gasteiger partial charge in [-0.05, 0) is 31.0 Å². The number of hydrogen-bond donors (Lipinski definition) is 1. The molecule has 3 rings (SSSR count). The zero-order valence-corrected chi connectivity index (χ0v) is 13.1. The molecule has 4 nitrogen and oxygen atoms in total. The molecule has 1 aliphatic rings. The van der Waals surface area contributed by atoms with Crippen molar-refractivity contribution in [3.8, 4) is 0 Å². The molecule has 1 aliphatic carbocycles. The van der Waals surface area contributed by atoms with E-state index in [1.54, 1.807) is 12.1 Å². The minimum Gasteiger partial charge on any atom is -0.298 e. The second-order valence-corrected chi connectivity index (χ2v) is 6.49. The van der Waals surface area contributed by atoms with Gasteiger partial charge in [0, 0.05) is 11.4 Å². The number of carbonyl (C=O) groups excluding carboxylic acids is 2. The van der Waals surface area contributed by atoms with Crippen molar-refractivity contribution in [3.63, 3.8) is 0 Å². The maximum Gasteiger partial charge on any atom is 0.258 e. The highest BCUT2D eigenvalue weighted by Crippen LogP contribution is 2.30. The molecule has 2 aromatic rings. The van der Waals surface area contributed by atoms with Crippen LogP contribution in [0.5, 0.6) is 0 Å². The largest absolute Gasteiger partial charge is 0.298 e. The number of rotatable bonds is 2. The number of nitrogens with one attached hydrogen (secondary N) is 1. The van der Waals surface area contributed by atoms with Gasteiger partial charge in [-0.15, -0.1) is 0 Å². The summed E-state index contributed by atoms with van der Waals surface area (Å²) in [5.41, 5.74) is 1.09. The summed E-state index contributed by atoms with van der Waals surface area (Å²) in [7, 11) is 0. The summed E-state index contributed by atoms with van der Waals surface area (Å²) in [6.45, 7) is 0. The summed E-state index contributed by atoms with van der Waals surface area (Å²) in [4.78, 5) is 28.9. The summed E-state index contributed by atoms with van der Waals surface area (Å²) in [6, 6.07) is 4.66. The third kappa shape index (κ3) is 2.95. The highest BCUT2D eigenvalue weighted by molar-refractivity contribution is 7.17. The molecule has 108 valence electrons. The second-order valence-electron chi connectivity index (χ2n) is 4.65. The first-order valence-electron chi connectivity index (χ1n) is 6.34. The molecule has 1 aromatic carbocycles. The van der Waals surface area contributed by atoms with Crippen LogP contribution in [0.2, 0.25) is 10.0 Å². The number of halogens is 2. The van der Waals surface area contributed by atoms with Crippen LogP contribution in [0.15, 0.2) is 18.2 Å². The molecule has 0 spiro atoms. The molecule has 0 fully saturated rings. The van der Waals surface area contributed by atoms with E-state index in [0.717, 1.165) is 18.5 Å². The first-order valence-corrected chi connectivity index (χ1v) is 7.91. The van der Waals surface area contributed by atoms with E-state index in [-0.39, 0.29) is 16.7 Å². The van der Waals surface area contributed by atoms with Crippen molar-refractivity contribution in [2.24, 2.45) is 0 Å². The lowest BCUT2D eigenvalue weighted by Crippen LogP contribution is -2.12. The molecule has 1 aromatic heterocycles. The van der Waals surface area contributed by atoms with Crippen molar-refractivity contribution in [1.82, 2.24) is 4.98 Å². The molecule has 0 atom stereocenters. The molecular weight excluding hydrogens is 331 g/mol. The summed E-state index contributed by atoms with van der Waals surface area (Å²) < 4.78 is 0. The molecule has 0 saturated heterocycles. The summed E-state index contributed by atoms with van der Waals surface area (Å²) in [6.07, 6.45) is 2.13. The Balaban J connectivity index is 1.83. The molecule has 0 radical (unpaired) electrons. The highest BCUT2D eigenvalue weighted by atomic mass is 35.5. The number of benzene rings is 1. The van der Waals surface area contributed by atoms with Gasteiger partial charge >= 0.3 is 0 Å². The normalized spacial score (nSPS) is 13.9. The molecule has 1 N–H and O–H groups in total. The summed E-state index contributed by atoms with van der Waals surface area (Å²) >= 11 is 13.0. The average molecular weight is 341 g/mol. The number of thiazole rings is 1. The number of carbonyl (C=O) groups is 2. The number of fused-ring (bicyclic) bond motifs is 1. The number of Topliss-reactive ketones (excluding diaryl/α,β-unsaturated/α-hetero) is 1. The van der Waals surface area contributed by atoms with Crippen molar-refractivity contribution >= 4 is 51.4 Å². The van der Waals surface area contributed by atoms with E-state index in [2.05, 4.69) is 10.3 Å². The van der Waals surface area contributed by atoms with Crippen LogP contribution >= 0.6 is 34.5 Å². The van der Waals surface area contributed by atoms with E-state index in [9.17, 15) is 9.59 Å². The van der Waals surface area contributed by atoms with Gasteiger partial charge in [-0.2, -0.15) is 0 Å². The van der Waals surface area contributed by atoms with Gasteiger partial charge in [0.25, 0.3) is 5.91 Å². The molecule has 0 bridgehead atoms. The predicted molar refractivity (Wildman–Crippen MR) is 83.8 cm³/mol. The molecule has 0 unspecified atom stereocenters. The zero-order chi connectivity index (χ0) is 15.0. The van der Waals surface area contributed by atoms with Gasteiger partial charge in [0.1, 0.15) is 0 Å². The Hall–Kier alpha value is -1.43. The number of nitrogens with zero attached hydrogens (tertiary/aromatic N) is 1. The van der Waals surface area contributed by atoms with E-state index in [0.29, 0.717) is 27.0 Å². The average Bonchev–Trinajstić information content (AvgIpc) is 2.82. The minimum atomic E-state index is -0.366. The van der Waals surface area contributed by atoms with Crippen molar-refractivity contribution in [2.45, 2.75) is 19.3 Å². The van der Waals surface area contributed by atoms with Crippen molar-refractivity contribution < 1.29 is 9.59 Å². The molecule has 0 saturated carbocycles. The fourth-order valence-corrected chi connectivity index (χ4v) is 3.63. The maximum atomic E-state index is 12.2. The Labute approximate surface area is 135 Å². The van der Waals surface area contributed by atoms with Crippen LogP contribution in [0.4, 0.5) is 5.13 Å². The van der Waals surface area contributed by atoms with Gasteiger partial charge in [-0.25, -0.2) is 4.98 Å². The topological polar surface area (TPSA) is 59.1 Å². The number of amides is 1. The Morgan fingerprint density at radius 3 is 2.81 bits per heavy atom. The molecule has 0 aliphatic heterocycles.